The van der Waals surface area contributed by atoms with Crippen molar-refractivity contribution in [2.24, 2.45) is 0 Å². The molecule has 2 N–H and O–H groups in total. The topological polar surface area (TPSA) is 90.7 Å². The summed E-state index contributed by atoms with van der Waals surface area (Å²) in [5, 5.41) is 1.44. The van der Waals surface area contributed by atoms with Crippen LogP contribution >= 0.6 is 0 Å². The molecule has 4 heterocycles. The lowest BCUT2D eigenvalue weighted by Crippen LogP contribution is -2.38. The zero-order valence-electron chi connectivity index (χ0n) is 26.0. The summed E-state index contributed by atoms with van der Waals surface area (Å²) >= 11 is 0. The molecule has 236 valence electrons. The molecule has 2 aromatic carbocycles. The molecule has 8 nitrogen and oxygen atoms in total. The van der Waals surface area contributed by atoms with Crippen molar-refractivity contribution in [3.8, 4) is 11.5 Å². The van der Waals surface area contributed by atoms with E-state index in [-0.39, 0.29) is 34.8 Å². The quantitative estimate of drug-likeness (QED) is 0.293. The minimum absolute atomic E-state index is 0.0389. The van der Waals surface area contributed by atoms with Gasteiger partial charge in [0.15, 0.2) is 23.1 Å². The van der Waals surface area contributed by atoms with Gasteiger partial charge >= 0.3 is 0 Å². The van der Waals surface area contributed by atoms with Crippen LogP contribution in [0.25, 0.3) is 21.5 Å². The van der Waals surface area contributed by atoms with E-state index in [4.69, 9.17) is 9.47 Å². The largest absolute Gasteiger partial charge is 0.487 e. The van der Waals surface area contributed by atoms with Crippen LogP contribution in [-0.2, 0) is 0 Å². The zero-order chi connectivity index (χ0) is 31.4. The van der Waals surface area contributed by atoms with E-state index in [1.54, 1.807) is 38.1 Å². The number of halogens is 2. The number of aryl methyl sites for hydroxylation is 2. The van der Waals surface area contributed by atoms with Crippen molar-refractivity contribution in [2.45, 2.75) is 65.6 Å². The van der Waals surface area contributed by atoms with Crippen molar-refractivity contribution in [1.82, 2.24) is 19.8 Å². The van der Waals surface area contributed by atoms with Crippen molar-refractivity contribution in [3.05, 3.63) is 80.1 Å². The molecule has 2 aromatic heterocycles. The van der Waals surface area contributed by atoms with E-state index < -0.39 is 11.6 Å². The van der Waals surface area contributed by atoms with Gasteiger partial charge in [0.2, 0.25) is 0 Å². The predicted octanol–water partition coefficient (Wildman–Crippen LogP) is 5.68. The molecule has 0 atom stereocenters. The predicted molar refractivity (Wildman–Crippen MR) is 170 cm³/mol. The van der Waals surface area contributed by atoms with Gasteiger partial charge in [0.25, 0.3) is 11.1 Å². The van der Waals surface area contributed by atoms with Crippen molar-refractivity contribution >= 4 is 21.5 Å². The highest BCUT2D eigenvalue weighted by atomic mass is 19.1. The van der Waals surface area contributed by atoms with Crippen LogP contribution in [0.3, 0.4) is 0 Å². The fraction of sp³-hybridized carbons (Fsp3) is 0.471. The van der Waals surface area contributed by atoms with E-state index in [0.717, 1.165) is 65.0 Å². The number of fused-ring (bicyclic) bond motifs is 2. The molecule has 0 unspecified atom stereocenters. The average molecular weight is 609 g/mol. The van der Waals surface area contributed by atoms with E-state index in [2.05, 4.69) is 33.6 Å². The number of piperidine rings is 2. The lowest BCUT2D eigenvalue weighted by atomic mass is 10.1. The Labute approximate surface area is 256 Å². The summed E-state index contributed by atoms with van der Waals surface area (Å²) in [4.78, 5) is 33.5. The smallest absolute Gasteiger partial charge is 0.255 e. The van der Waals surface area contributed by atoms with Gasteiger partial charge < -0.3 is 29.2 Å². The lowest BCUT2D eigenvalue weighted by molar-refractivity contribution is 0.100. The zero-order valence-corrected chi connectivity index (χ0v) is 26.0. The normalized spacial score (nSPS) is 17.0. The van der Waals surface area contributed by atoms with Crippen LogP contribution in [0.5, 0.6) is 11.5 Å². The molecule has 0 aliphatic carbocycles. The Morgan fingerprint density at radius 1 is 0.682 bits per heavy atom. The number of aromatic amines is 2. The molecule has 0 radical (unpaired) electrons. The third-order valence-corrected chi connectivity index (χ3v) is 8.88. The highest BCUT2D eigenvalue weighted by Gasteiger charge is 2.23. The first-order valence-corrected chi connectivity index (χ1v) is 15.6. The van der Waals surface area contributed by atoms with E-state index in [1.807, 2.05) is 0 Å². The summed E-state index contributed by atoms with van der Waals surface area (Å²) in [5.74, 6) is -0.370. The molecule has 2 fully saturated rings. The van der Waals surface area contributed by atoms with Crippen molar-refractivity contribution in [1.29, 1.82) is 0 Å². The number of pyridine rings is 2. The molecule has 0 saturated carbocycles. The number of nitrogens with zero attached hydrogens (tertiary/aromatic N) is 2. The maximum absolute atomic E-state index is 14.7. The van der Waals surface area contributed by atoms with Gasteiger partial charge in [-0.2, -0.15) is 0 Å². The van der Waals surface area contributed by atoms with Crippen LogP contribution in [0.1, 0.15) is 50.7 Å². The maximum atomic E-state index is 14.7. The Balaban J connectivity index is 0.000000175. The van der Waals surface area contributed by atoms with Crippen LogP contribution in [0.15, 0.2) is 46.2 Å². The molecular weight excluding hydrogens is 566 g/mol. The minimum Gasteiger partial charge on any atom is -0.487 e. The van der Waals surface area contributed by atoms with Crippen LogP contribution in [-0.4, -0.2) is 71.2 Å². The first-order valence-electron chi connectivity index (χ1n) is 15.6. The number of aromatic nitrogens is 2. The van der Waals surface area contributed by atoms with Crippen molar-refractivity contribution in [2.75, 3.05) is 39.3 Å². The fourth-order valence-corrected chi connectivity index (χ4v) is 6.14. The summed E-state index contributed by atoms with van der Waals surface area (Å²) in [7, 11) is 0. The van der Waals surface area contributed by atoms with Crippen LogP contribution in [0.2, 0.25) is 0 Å². The second-order valence-corrected chi connectivity index (χ2v) is 11.7. The van der Waals surface area contributed by atoms with Gasteiger partial charge in [-0.15, -0.1) is 0 Å². The van der Waals surface area contributed by atoms with E-state index in [9.17, 15) is 18.4 Å². The van der Waals surface area contributed by atoms with Gasteiger partial charge in [-0.1, -0.05) is 13.8 Å². The molecule has 2 aliphatic heterocycles. The Hall–Kier alpha value is -3.76. The second kappa shape index (κ2) is 13.9. The standard InChI is InChI=1S/2C17H21FN2O2/c2*1-3-20-8-6-12(7-9-20)22-14-5-4-13-15(16(14)18)11(2)10-19-17(13)21/h2*4-5,10,12H,3,6-9H2,1-2H3,(H,19,21). The molecule has 44 heavy (non-hydrogen) atoms. The molecular formula is C34H42F2N4O4. The third-order valence-electron chi connectivity index (χ3n) is 8.88. The molecule has 0 bridgehead atoms. The van der Waals surface area contributed by atoms with E-state index >= 15 is 0 Å². The number of ether oxygens (including phenoxy) is 2. The second-order valence-electron chi connectivity index (χ2n) is 11.7. The number of nitrogens with one attached hydrogen (secondary N) is 2. The summed E-state index contributed by atoms with van der Waals surface area (Å²) in [5.41, 5.74) is 0.862. The van der Waals surface area contributed by atoms with Gasteiger partial charge in [0, 0.05) is 49.3 Å². The number of likely N-dealkylation sites (tertiary alicyclic amines) is 2. The Kier molecular flexibility index (Phi) is 10.0. The molecule has 0 spiro atoms. The number of H-pyrrole nitrogens is 2. The Bertz CT molecular complexity index is 1590. The van der Waals surface area contributed by atoms with Gasteiger partial charge in [-0.3, -0.25) is 9.59 Å². The van der Waals surface area contributed by atoms with Crippen LogP contribution in [0, 0.1) is 25.5 Å². The van der Waals surface area contributed by atoms with Gasteiger partial charge in [-0.25, -0.2) is 8.78 Å². The lowest BCUT2D eigenvalue weighted by Gasteiger charge is -2.31. The maximum Gasteiger partial charge on any atom is 0.255 e. The van der Waals surface area contributed by atoms with Crippen LogP contribution in [0.4, 0.5) is 8.78 Å². The molecule has 4 aromatic rings. The number of hydrogen-bond acceptors (Lipinski definition) is 6. The fourth-order valence-electron chi connectivity index (χ4n) is 6.14. The number of rotatable bonds is 6. The Morgan fingerprint density at radius 2 is 1.05 bits per heavy atom. The summed E-state index contributed by atoms with van der Waals surface area (Å²) in [6.07, 6.45) is 6.77. The van der Waals surface area contributed by atoms with Crippen LogP contribution < -0.4 is 20.6 Å². The molecule has 10 heteroatoms. The highest BCUT2D eigenvalue weighted by Crippen LogP contribution is 2.30. The van der Waals surface area contributed by atoms with Crippen molar-refractivity contribution in [3.63, 3.8) is 0 Å². The van der Waals surface area contributed by atoms with E-state index in [0.29, 0.717) is 32.7 Å². The van der Waals surface area contributed by atoms with Crippen molar-refractivity contribution < 1.29 is 18.3 Å². The molecule has 2 saturated heterocycles. The average Bonchev–Trinajstić information content (AvgIpc) is 3.04. The van der Waals surface area contributed by atoms with Gasteiger partial charge in [0.05, 0.1) is 10.8 Å². The minimum atomic E-state index is -0.431. The molecule has 6 rings (SSSR count). The number of benzene rings is 2. The summed E-state index contributed by atoms with van der Waals surface area (Å²) < 4.78 is 41.2. The SMILES string of the molecule is CCN1CCC(Oc2ccc3c(=O)[nH]cc(C)c3c2F)CC1.CCN1CCC(Oc2ccc3c(=O)[nH]cc(C)c3c2F)CC1. The summed E-state index contributed by atoms with van der Waals surface area (Å²) in [6, 6.07) is 6.42. The van der Waals surface area contributed by atoms with Gasteiger partial charge in [-0.05, 0) is 88.0 Å². The monoisotopic (exact) mass is 608 g/mol. The van der Waals surface area contributed by atoms with Gasteiger partial charge in [0.1, 0.15) is 12.2 Å². The first kappa shape index (κ1) is 31.7. The molecule has 2 aliphatic rings. The number of hydrogen-bond donors (Lipinski definition) is 2. The molecule has 0 amide bonds. The summed E-state index contributed by atoms with van der Waals surface area (Å²) in [6.45, 7) is 13.9. The van der Waals surface area contributed by atoms with E-state index in [1.165, 1.54) is 12.4 Å². The Morgan fingerprint density at radius 3 is 1.39 bits per heavy atom. The third kappa shape index (κ3) is 6.81. The first-order chi connectivity index (χ1) is 21.2. The highest BCUT2D eigenvalue weighted by molar-refractivity contribution is 5.87.